The zero-order valence-electron chi connectivity index (χ0n) is 21.3. The van der Waals surface area contributed by atoms with E-state index in [1.807, 2.05) is 0 Å². The van der Waals surface area contributed by atoms with Gasteiger partial charge in [-0.15, -0.1) is 0 Å². The first kappa shape index (κ1) is 26.8. The second-order valence-corrected chi connectivity index (χ2v) is 10.8. The van der Waals surface area contributed by atoms with Crippen molar-refractivity contribution in [3.05, 3.63) is 52.8 Å². The molecule has 6 atom stereocenters. The Bertz CT molecular complexity index is 1450. The third-order valence-corrected chi connectivity index (χ3v) is 8.52. The lowest BCUT2D eigenvalue weighted by molar-refractivity contribution is -0.181. The Morgan fingerprint density at radius 1 is 1.13 bits per heavy atom. The number of rotatable bonds is 4. The number of phenolic OH excluding ortho intramolecular Hbond substituents is 1. The van der Waals surface area contributed by atoms with Gasteiger partial charge in [-0.3, -0.25) is 28.9 Å². The summed E-state index contributed by atoms with van der Waals surface area (Å²) in [6.45, 7) is -0.139. The van der Waals surface area contributed by atoms with Crippen LogP contribution in [0.4, 0.5) is 4.39 Å². The fraction of sp³-hybridized carbons (Fsp3) is 0.393. The minimum absolute atomic E-state index is 0.0633. The third-order valence-electron chi connectivity index (χ3n) is 8.52. The van der Waals surface area contributed by atoms with Gasteiger partial charge in [0.2, 0.25) is 5.91 Å². The summed E-state index contributed by atoms with van der Waals surface area (Å²) in [7, 11) is 3.04. The van der Waals surface area contributed by atoms with Crippen molar-refractivity contribution in [3.8, 4) is 16.9 Å². The van der Waals surface area contributed by atoms with Gasteiger partial charge in [-0.25, -0.2) is 4.39 Å². The summed E-state index contributed by atoms with van der Waals surface area (Å²) in [6.07, 6.45) is 0.0309. The van der Waals surface area contributed by atoms with E-state index in [4.69, 9.17) is 11.5 Å². The lowest BCUT2D eigenvalue weighted by Crippen LogP contribution is -2.74. The number of nitrogens with zero attached hydrogens (tertiary/aromatic N) is 1. The van der Waals surface area contributed by atoms with Gasteiger partial charge in [0, 0.05) is 18.0 Å². The highest BCUT2D eigenvalue weighted by molar-refractivity contribution is 6.32. The maximum Gasteiger partial charge on any atom is 0.235 e. The van der Waals surface area contributed by atoms with Crippen molar-refractivity contribution >= 4 is 29.0 Å². The molecule has 0 saturated heterocycles. The molecule has 0 radical (unpaired) electrons. The van der Waals surface area contributed by atoms with E-state index in [0.717, 1.165) is 0 Å². The van der Waals surface area contributed by atoms with E-state index in [0.29, 0.717) is 16.7 Å². The first-order valence-electron chi connectivity index (χ1n) is 12.5. The number of aliphatic hydroxyl groups is 1. The van der Waals surface area contributed by atoms with Crippen molar-refractivity contribution < 1.29 is 38.6 Å². The standard InChI is InChI=1S/C28H28FN3O7/c1-32(2)21-17-9-12-7-16-15(11-3-5-14(29)6-4-11)8-13(10-30)22(33)19(16)23(34)18(12)25(36)28(17,39)26(37)20(24(21)35)27(31)38/h3-6,8,12,17-18,20-21,33,39H,7,9-10,30H2,1-2H3,(H2,31,38)/t12-,17-,18?,20?,21-,28-/m0/s1. The minimum Gasteiger partial charge on any atom is -0.507 e. The Balaban J connectivity index is 1.69. The van der Waals surface area contributed by atoms with Crippen LogP contribution in [0.2, 0.25) is 0 Å². The highest BCUT2D eigenvalue weighted by Gasteiger charge is 2.69. The highest BCUT2D eigenvalue weighted by atomic mass is 19.1. The van der Waals surface area contributed by atoms with E-state index in [-0.39, 0.29) is 30.5 Å². The Morgan fingerprint density at radius 3 is 2.33 bits per heavy atom. The number of ketones is 4. The van der Waals surface area contributed by atoms with Crippen LogP contribution in [-0.4, -0.2) is 69.9 Å². The fourth-order valence-corrected chi connectivity index (χ4v) is 6.77. The molecular weight excluding hydrogens is 509 g/mol. The number of primary amides is 1. The molecule has 0 aliphatic heterocycles. The van der Waals surface area contributed by atoms with Gasteiger partial charge in [-0.05, 0) is 67.7 Å². The van der Waals surface area contributed by atoms with Gasteiger partial charge in [0.25, 0.3) is 0 Å². The van der Waals surface area contributed by atoms with Crippen molar-refractivity contribution in [2.24, 2.45) is 35.1 Å². The van der Waals surface area contributed by atoms with Crippen LogP contribution in [0.1, 0.15) is 27.9 Å². The lowest BCUT2D eigenvalue weighted by Gasteiger charge is -2.52. The smallest absolute Gasteiger partial charge is 0.235 e. The van der Waals surface area contributed by atoms with E-state index in [1.54, 1.807) is 6.07 Å². The Labute approximate surface area is 222 Å². The number of hydrogen-bond donors (Lipinski definition) is 4. The van der Waals surface area contributed by atoms with Crippen LogP contribution in [0, 0.1) is 29.5 Å². The summed E-state index contributed by atoms with van der Waals surface area (Å²) >= 11 is 0. The number of aromatic hydroxyl groups is 1. The van der Waals surface area contributed by atoms with Gasteiger partial charge in [0.15, 0.2) is 34.7 Å². The van der Waals surface area contributed by atoms with Crippen molar-refractivity contribution in [2.45, 2.75) is 31.0 Å². The van der Waals surface area contributed by atoms with Crippen molar-refractivity contribution in [2.75, 3.05) is 14.1 Å². The quantitative estimate of drug-likeness (QED) is 0.394. The van der Waals surface area contributed by atoms with Crippen LogP contribution in [0.25, 0.3) is 11.1 Å². The van der Waals surface area contributed by atoms with Gasteiger partial charge in [0.1, 0.15) is 11.6 Å². The number of phenols is 1. The Morgan fingerprint density at radius 2 is 1.77 bits per heavy atom. The minimum atomic E-state index is -2.79. The van der Waals surface area contributed by atoms with E-state index in [1.165, 1.54) is 43.3 Å². The van der Waals surface area contributed by atoms with Gasteiger partial charge >= 0.3 is 0 Å². The number of benzene rings is 2. The summed E-state index contributed by atoms with van der Waals surface area (Å²) in [4.78, 5) is 67.9. The Hall–Kier alpha value is -3.80. The number of carbonyl (C=O) groups is 5. The molecule has 2 aromatic carbocycles. The predicted molar refractivity (Wildman–Crippen MR) is 135 cm³/mol. The second-order valence-electron chi connectivity index (χ2n) is 10.8. The molecule has 2 fully saturated rings. The van der Waals surface area contributed by atoms with Crippen molar-refractivity contribution in [1.82, 2.24) is 4.90 Å². The number of likely N-dealkylation sites (N-methyl/N-ethyl adjacent to an activating group) is 1. The molecule has 0 heterocycles. The van der Waals surface area contributed by atoms with E-state index in [2.05, 4.69) is 0 Å². The summed E-state index contributed by atoms with van der Waals surface area (Å²) in [6, 6.07) is 5.98. The number of carbonyl (C=O) groups excluding carboxylic acids is 5. The number of nitrogens with two attached hydrogens (primary N) is 2. The summed E-state index contributed by atoms with van der Waals surface area (Å²) in [5, 5.41) is 22.7. The van der Waals surface area contributed by atoms with Crippen LogP contribution < -0.4 is 11.5 Å². The average molecular weight is 538 g/mol. The van der Waals surface area contributed by atoms with Crippen molar-refractivity contribution in [1.29, 1.82) is 0 Å². The molecular formula is C28H28FN3O7. The van der Waals surface area contributed by atoms with Crippen LogP contribution in [0.5, 0.6) is 5.75 Å². The van der Waals surface area contributed by atoms with Gasteiger partial charge in [-0.1, -0.05) is 12.1 Å². The second kappa shape index (κ2) is 9.15. The number of Topliss-reactive ketones (excluding diaryl/α,β-unsaturated/α-hetero) is 4. The first-order chi connectivity index (χ1) is 18.3. The summed E-state index contributed by atoms with van der Waals surface area (Å²) in [5.41, 5.74) is 9.95. The van der Waals surface area contributed by atoms with E-state index < -0.39 is 75.9 Å². The number of fused-ring (bicyclic) bond motifs is 3. The lowest BCUT2D eigenvalue weighted by atomic mass is 9.52. The number of hydrogen-bond acceptors (Lipinski definition) is 9. The normalized spacial score (nSPS) is 30.2. The Kier molecular flexibility index (Phi) is 6.28. The van der Waals surface area contributed by atoms with E-state index in [9.17, 15) is 38.6 Å². The molecule has 0 bridgehead atoms. The monoisotopic (exact) mass is 537 g/mol. The van der Waals surface area contributed by atoms with E-state index >= 15 is 0 Å². The fourth-order valence-electron chi connectivity index (χ4n) is 6.77. The SMILES string of the molecule is CN(C)[C@@H]1C(=O)C(C(N)=O)C(=O)[C@@]2(O)C(=O)C3C(=O)c4c(O)c(CN)cc(-c5ccc(F)cc5)c4C[C@H]3C[C@@H]12. The molecule has 3 aliphatic carbocycles. The van der Waals surface area contributed by atoms with Gasteiger partial charge in [0.05, 0.1) is 17.5 Å². The maximum absolute atomic E-state index is 13.9. The number of amides is 1. The third kappa shape index (κ3) is 3.68. The zero-order valence-corrected chi connectivity index (χ0v) is 21.3. The summed E-state index contributed by atoms with van der Waals surface area (Å²) in [5.74, 6) is -11.7. The molecule has 39 heavy (non-hydrogen) atoms. The van der Waals surface area contributed by atoms with Crippen LogP contribution in [0.15, 0.2) is 30.3 Å². The molecule has 204 valence electrons. The summed E-state index contributed by atoms with van der Waals surface area (Å²) < 4.78 is 13.7. The molecule has 3 aliphatic rings. The molecule has 10 nitrogen and oxygen atoms in total. The molecule has 11 heteroatoms. The molecule has 6 N–H and O–H groups in total. The highest BCUT2D eigenvalue weighted by Crippen LogP contribution is 2.52. The zero-order chi connectivity index (χ0) is 28.5. The maximum atomic E-state index is 13.9. The molecule has 2 aromatic rings. The average Bonchev–Trinajstić information content (AvgIpc) is 2.86. The molecule has 2 saturated carbocycles. The van der Waals surface area contributed by atoms with Crippen LogP contribution in [-0.2, 0) is 32.1 Å². The van der Waals surface area contributed by atoms with Crippen LogP contribution in [0.3, 0.4) is 0 Å². The van der Waals surface area contributed by atoms with Gasteiger partial charge < -0.3 is 21.7 Å². The molecule has 2 unspecified atom stereocenters. The predicted octanol–water partition coefficient (Wildman–Crippen LogP) is 0.132. The molecule has 5 rings (SSSR count). The topological polar surface area (TPSA) is 181 Å². The molecule has 0 spiro atoms. The number of halogens is 1. The van der Waals surface area contributed by atoms with Crippen LogP contribution >= 0.6 is 0 Å². The first-order valence-corrected chi connectivity index (χ1v) is 12.5. The van der Waals surface area contributed by atoms with Crippen molar-refractivity contribution in [3.63, 3.8) is 0 Å². The molecule has 0 aromatic heterocycles. The van der Waals surface area contributed by atoms with Gasteiger partial charge in [-0.2, -0.15) is 0 Å². The largest absolute Gasteiger partial charge is 0.507 e. The molecule has 1 amide bonds.